The van der Waals surface area contributed by atoms with Crippen LogP contribution in [0, 0.1) is 0 Å². The maximum absolute atomic E-state index is 12.9. The number of hydrogen-bond acceptors (Lipinski definition) is 10. The molecular weight excluding hydrogens is 952 g/mol. The van der Waals surface area contributed by atoms with Gasteiger partial charge in [0, 0.05) is 19.3 Å². The summed E-state index contributed by atoms with van der Waals surface area (Å²) in [6.45, 7) is 4.44. The van der Waals surface area contributed by atoms with Crippen molar-refractivity contribution in [2.24, 2.45) is 0 Å². The van der Waals surface area contributed by atoms with Gasteiger partial charge in [-0.15, -0.1) is 0 Å². The Morgan fingerprint density at radius 2 is 0.716 bits per heavy atom. The van der Waals surface area contributed by atoms with Crippen LogP contribution < -0.4 is 0 Å². The smallest absolute Gasteiger partial charge is 0.462 e. The van der Waals surface area contributed by atoms with Crippen LogP contribution in [0.15, 0.2) is 85.1 Å². The summed E-state index contributed by atoms with van der Waals surface area (Å²) in [6.07, 6.45) is 64.0. The van der Waals surface area contributed by atoms with E-state index in [1.165, 1.54) is 96.3 Å². The number of rotatable bonds is 54. The van der Waals surface area contributed by atoms with Gasteiger partial charge in [0.05, 0.1) is 19.8 Å². The molecule has 0 aromatic rings. The average molecular weight is 1060 g/mol. The van der Waals surface area contributed by atoms with Gasteiger partial charge in [0.15, 0.2) is 6.10 Å². The lowest BCUT2D eigenvalue weighted by Crippen LogP contribution is -2.30. The number of esters is 3. The molecule has 0 amide bonds. The van der Waals surface area contributed by atoms with Crippen LogP contribution in [0.2, 0.25) is 0 Å². The summed E-state index contributed by atoms with van der Waals surface area (Å²) in [5, 5.41) is 9.81. The van der Waals surface area contributed by atoms with Crippen molar-refractivity contribution >= 4 is 25.7 Å². The second-order valence-electron chi connectivity index (χ2n) is 19.4. The number of phosphoric acid groups is 1. The van der Waals surface area contributed by atoms with Crippen LogP contribution in [0.1, 0.15) is 252 Å². The summed E-state index contributed by atoms with van der Waals surface area (Å²) < 4.78 is 39.5. The molecule has 0 fully saturated rings. The minimum Gasteiger partial charge on any atom is -0.462 e. The van der Waals surface area contributed by atoms with Crippen molar-refractivity contribution in [3.05, 3.63) is 85.1 Å². The molecule has 0 saturated carbocycles. The largest absolute Gasteiger partial charge is 0.472 e. The first kappa shape index (κ1) is 70.7. The lowest BCUT2D eigenvalue weighted by Gasteiger charge is -2.21. The van der Waals surface area contributed by atoms with Gasteiger partial charge in [-0.2, -0.15) is 0 Å². The summed E-state index contributed by atoms with van der Waals surface area (Å²) in [7, 11) is -4.77. The molecule has 0 aromatic heterocycles. The molecule has 0 aliphatic rings. The number of aliphatic hydroxyl groups is 1. The molecule has 0 spiro atoms. The molecule has 12 heteroatoms. The van der Waals surface area contributed by atoms with Crippen LogP contribution in [0.25, 0.3) is 0 Å². The second kappa shape index (κ2) is 55.9. The molecule has 11 nitrogen and oxygen atoms in total. The molecular formula is C62H107O11P. The number of phosphoric ester groups is 1. The summed E-state index contributed by atoms with van der Waals surface area (Å²) in [4.78, 5) is 48.5. The van der Waals surface area contributed by atoms with Crippen LogP contribution in [0.4, 0.5) is 0 Å². The van der Waals surface area contributed by atoms with E-state index in [4.69, 9.17) is 23.3 Å². The lowest BCUT2D eigenvalue weighted by atomic mass is 10.0. The van der Waals surface area contributed by atoms with E-state index in [-0.39, 0.29) is 25.9 Å². The Morgan fingerprint density at radius 1 is 0.392 bits per heavy atom. The van der Waals surface area contributed by atoms with E-state index in [2.05, 4.69) is 93.7 Å². The molecule has 0 bridgehead atoms. The SMILES string of the molecule is CC/C=C\C/C=C\C/C=C\C/C=C\C/C=C\CCCC(=O)OC(COC(=O)CCCCCCCCC/C=C\C/C=C\CCCCC)COP(=O)(O)OCC(CO)OC(=O)CCCCCCCCCCCCCCC. The van der Waals surface area contributed by atoms with Crippen molar-refractivity contribution in [1.29, 1.82) is 0 Å². The molecule has 0 rings (SSSR count). The Morgan fingerprint density at radius 3 is 1.16 bits per heavy atom. The minimum absolute atomic E-state index is 0.0858. The van der Waals surface area contributed by atoms with Crippen LogP contribution in [-0.4, -0.2) is 66.5 Å². The van der Waals surface area contributed by atoms with Gasteiger partial charge in [-0.05, 0) is 89.9 Å². The lowest BCUT2D eigenvalue weighted by molar-refractivity contribution is -0.161. The zero-order chi connectivity index (χ0) is 54.1. The van der Waals surface area contributed by atoms with Crippen LogP contribution in [0.5, 0.6) is 0 Å². The maximum atomic E-state index is 12.9. The Kier molecular flexibility index (Phi) is 53.4. The normalized spacial score (nSPS) is 14.0. The highest BCUT2D eigenvalue weighted by Crippen LogP contribution is 2.43. The van der Waals surface area contributed by atoms with Crippen molar-refractivity contribution in [1.82, 2.24) is 0 Å². The van der Waals surface area contributed by atoms with E-state index in [9.17, 15) is 28.9 Å². The van der Waals surface area contributed by atoms with E-state index in [0.29, 0.717) is 25.7 Å². The summed E-state index contributed by atoms with van der Waals surface area (Å²) >= 11 is 0. The van der Waals surface area contributed by atoms with Crippen molar-refractivity contribution in [3.8, 4) is 0 Å². The molecule has 426 valence electrons. The van der Waals surface area contributed by atoms with E-state index in [1.54, 1.807) is 0 Å². The summed E-state index contributed by atoms with van der Waals surface area (Å²) in [5.74, 6) is -1.54. The fourth-order valence-electron chi connectivity index (χ4n) is 7.83. The second-order valence-corrected chi connectivity index (χ2v) is 20.9. The molecule has 2 N–H and O–H groups in total. The average Bonchev–Trinajstić information content (AvgIpc) is 3.39. The van der Waals surface area contributed by atoms with Crippen LogP contribution >= 0.6 is 7.82 Å². The van der Waals surface area contributed by atoms with Gasteiger partial charge in [-0.1, -0.05) is 228 Å². The van der Waals surface area contributed by atoms with Gasteiger partial charge >= 0.3 is 25.7 Å². The van der Waals surface area contributed by atoms with E-state index in [1.807, 2.05) is 12.2 Å². The predicted octanol–water partition coefficient (Wildman–Crippen LogP) is 17.5. The zero-order valence-corrected chi connectivity index (χ0v) is 47.9. The molecule has 3 unspecified atom stereocenters. The monoisotopic (exact) mass is 1060 g/mol. The number of allylic oxidation sites excluding steroid dienone is 14. The first-order chi connectivity index (χ1) is 36.2. The van der Waals surface area contributed by atoms with Crippen molar-refractivity contribution in [3.63, 3.8) is 0 Å². The van der Waals surface area contributed by atoms with E-state index < -0.39 is 57.8 Å². The predicted molar refractivity (Wildman–Crippen MR) is 307 cm³/mol. The molecule has 0 radical (unpaired) electrons. The summed E-state index contributed by atoms with van der Waals surface area (Å²) in [5.41, 5.74) is 0. The topological polar surface area (TPSA) is 155 Å². The van der Waals surface area contributed by atoms with Crippen LogP contribution in [-0.2, 0) is 42.2 Å². The van der Waals surface area contributed by atoms with Gasteiger partial charge in [0.2, 0.25) is 0 Å². The Labute approximate surface area is 451 Å². The number of carbonyl (C=O) groups is 3. The fraction of sp³-hybridized carbons (Fsp3) is 0.726. The Bertz CT molecular complexity index is 1560. The van der Waals surface area contributed by atoms with Crippen molar-refractivity contribution < 1.29 is 52.2 Å². The Hall–Kier alpha value is -3.34. The molecule has 0 saturated heterocycles. The molecule has 3 atom stereocenters. The standard InChI is InChI=1S/C62H107O11P/c1-4-7-10-13-16-19-22-25-27-29-31-34-36-39-42-45-48-51-60(64)69-55-59(73-62(66)53-50-47-44-41-38-35-32-30-28-26-23-20-17-14-11-8-5-2)57-71-74(67,68)70-56-58(54-63)72-61(65)52-49-46-43-40-37-33-24-21-18-15-12-9-6-3/h8,11,16-17,19-20,25-28,32,35,41,44,58-59,63H,4-7,9-10,12-15,18,21-24,29-31,33-34,36-40,42-43,45-57H2,1-3H3,(H,67,68)/b11-8-,19-16-,20-17-,27-25-,28-26-,35-32-,44-41-. The van der Waals surface area contributed by atoms with Crippen LogP contribution in [0.3, 0.4) is 0 Å². The first-order valence-electron chi connectivity index (χ1n) is 29.5. The number of unbranched alkanes of at least 4 members (excludes halogenated alkanes) is 23. The van der Waals surface area contributed by atoms with Gasteiger partial charge in [-0.25, -0.2) is 4.57 Å². The number of aliphatic hydroxyl groups excluding tert-OH is 1. The third kappa shape index (κ3) is 53.5. The first-order valence-corrected chi connectivity index (χ1v) is 31.0. The van der Waals surface area contributed by atoms with Gasteiger partial charge in [0.1, 0.15) is 12.7 Å². The maximum Gasteiger partial charge on any atom is 0.472 e. The number of carbonyl (C=O) groups excluding carboxylic acids is 3. The third-order valence-corrected chi connectivity index (χ3v) is 13.3. The Balaban J connectivity index is 4.82. The highest BCUT2D eigenvalue weighted by Gasteiger charge is 2.28. The zero-order valence-electron chi connectivity index (χ0n) is 47.0. The number of hydrogen-bond donors (Lipinski definition) is 2. The van der Waals surface area contributed by atoms with Gasteiger partial charge < -0.3 is 24.2 Å². The highest BCUT2D eigenvalue weighted by atomic mass is 31.2. The molecule has 0 aliphatic heterocycles. The third-order valence-electron chi connectivity index (χ3n) is 12.3. The highest BCUT2D eigenvalue weighted by molar-refractivity contribution is 7.47. The quantitative estimate of drug-likeness (QED) is 0.0197. The van der Waals surface area contributed by atoms with E-state index in [0.717, 1.165) is 89.9 Å². The fourth-order valence-corrected chi connectivity index (χ4v) is 8.62. The summed E-state index contributed by atoms with van der Waals surface area (Å²) in [6, 6.07) is 0. The van der Waals surface area contributed by atoms with Gasteiger partial charge in [-0.3, -0.25) is 23.4 Å². The minimum atomic E-state index is -4.77. The molecule has 0 heterocycles. The molecule has 0 aromatic carbocycles. The van der Waals surface area contributed by atoms with Crippen molar-refractivity contribution in [2.45, 2.75) is 264 Å². The molecule has 0 aliphatic carbocycles. The van der Waals surface area contributed by atoms with Gasteiger partial charge in [0.25, 0.3) is 0 Å². The number of ether oxygens (including phenoxy) is 3. The molecule has 74 heavy (non-hydrogen) atoms. The van der Waals surface area contributed by atoms with Crippen molar-refractivity contribution in [2.75, 3.05) is 26.4 Å². The van der Waals surface area contributed by atoms with E-state index >= 15 is 0 Å².